The molecule has 1 aliphatic heterocycles. The van der Waals surface area contributed by atoms with Gasteiger partial charge >= 0.3 is 0 Å². The van der Waals surface area contributed by atoms with Crippen LogP contribution in [0.25, 0.3) is 0 Å². The number of carbonyl (C=O) groups excluding carboxylic acids is 1. The third-order valence-corrected chi connectivity index (χ3v) is 3.04. The summed E-state index contributed by atoms with van der Waals surface area (Å²) in [6, 6.07) is 7.73. The van der Waals surface area contributed by atoms with Gasteiger partial charge in [-0.15, -0.1) is 0 Å². The van der Waals surface area contributed by atoms with Gasteiger partial charge in [0.05, 0.1) is 0 Å². The molecule has 2 rings (SSSR count). The van der Waals surface area contributed by atoms with Crippen LogP contribution in [0, 0.1) is 0 Å². The van der Waals surface area contributed by atoms with Crippen LogP contribution in [0.5, 0.6) is 0 Å². The molecule has 0 saturated carbocycles. The largest absolute Gasteiger partial charge is 0.396 e. The van der Waals surface area contributed by atoms with Crippen LogP contribution < -0.4 is 5.32 Å². The maximum Gasteiger partial charge on any atom is 0.253 e. The van der Waals surface area contributed by atoms with Crippen LogP contribution in [-0.4, -0.2) is 30.3 Å². The van der Waals surface area contributed by atoms with Crippen LogP contribution in [0.4, 0.5) is 5.69 Å². The zero-order chi connectivity index (χ0) is 12.8. The fourth-order valence-corrected chi connectivity index (χ4v) is 2.09. The van der Waals surface area contributed by atoms with E-state index in [0.717, 1.165) is 36.9 Å². The van der Waals surface area contributed by atoms with Gasteiger partial charge in [0.2, 0.25) is 0 Å². The Morgan fingerprint density at radius 2 is 2.39 bits per heavy atom. The average molecular weight is 249 g/mol. The third kappa shape index (κ3) is 3.55. The summed E-state index contributed by atoms with van der Waals surface area (Å²) in [6.07, 6.45) is 3.01. The van der Waals surface area contributed by atoms with Gasteiger partial charge in [0.25, 0.3) is 5.91 Å². The number of benzene rings is 1. The van der Waals surface area contributed by atoms with Crippen molar-refractivity contribution < 1.29 is 14.6 Å². The molecule has 4 nitrogen and oxygen atoms in total. The number of hydrogen-bond donors (Lipinski definition) is 2. The summed E-state index contributed by atoms with van der Waals surface area (Å²) < 4.78 is 5.34. The molecule has 1 aromatic rings. The number of amides is 1. The van der Waals surface area contributed by atoms with Crippen LogP contribution in [0.2, 0.25) is 0 Å². The summed E-state index contributed by atoms with van der Waals surface area (Å²) in [4.78, 5) is 11.9. The minimum absolute atomic E-state index is 0.0631. The highest BCUT2D eigenvalue weighted by Crippen LogP contribution is 2.16. The van der Waals surface area contributed by atoms with E-state index in [4.69, 9.17) is 9.84 Å². The molecule has 4 heteroatoms. The van der Waals surface area contributed by atoms with E-state index in [1.807, 2.05) is 24.3 Å². The lowest BCUT2D eigenvalue weighted by Crippen LogP contribution is -2.26. The van der Waals surface area contributed by atoms with E-state index in [9.17, 15) is 4.79 Å². The molecule has 1 atom stereocenters. The average Bonchev–Trinajstić information content (AvgIpc) is 2.91. The van der Waals surface area contributed by atoms with E-state index < -0.39 is 0 Å². The van der Waals surface area contributed by atoms with Crippen LogP contribution in [-0.2, 0) is 16.0 Å². The van der Waals surface area contributed by atoms with Gasteiger partial charge in [-0.25, -0.2) is 0 Å². The highest BCUT2D eigenvalue weighted by molar-refractivity contribution is 5.94. The van der Waals surface area contributed by atoms with Crippen LogP contribution in [0.3, 0.4) is 0 Å². The second-order valence-corrected chi connectivity index (χ2v) is 4.52. The molecule has 0 radical (unpaired) electrons. The molecule has 98 valence electrons. The Bertz CT molecular complexity index is 400. The zero-order valence-corrected chi connectivity index (χ0v) is 10.4. The van der Waals surface area contributed by atoms with Crippen molar-refractivity contribution >= 4 is 11.6 Å². The maximum atomic E-state index is 11.9. The fraction of sp³-hybridized carbons (Fsp3) is 0.500. The van der Waals surface area contributed by atoms with Gasteiger partial charge in [0, 0.05) is 18.9 Å². The first-order valence-electron chi connectivity index (χ1n) is 6.42. The number of rotatable bonds is 5. The van der Waals surface area contributed by atoms with Gasteiger partial charge in [-0.3, -0.25) is 4.79 Å². The number of nitrogens with one attached hydrogen (secondary N) is 1. The number of hydrogen-bond acceptors (Lipinski definition) is 3. The van der Waals surface area contributed by atoms with Crippen molar-refractivity contribution in [2.24, 2.45) is 0 Å². The minimum atomic E-state index is -0.300. The Kier molecular flexibility index (Phi) is 4.73. The molecule has 0 unspecified atom stereocenters. The smallest absolute Gasteiger partial charge is 0.253 e. The van der Waals surface area contributed by atoms with E-state index in [2.05, 4.69) is 5.32 Å². The summed E-state index contributed by atoms with van der Waals surface area (Å²) in [7, 11) is 0. The van der Waals surface area contributed by atoms with Crippen molar-refractivity contribution in [1.82, 2.24) is 0 Å². The normalized spacial score (nSPS) is 18.8. The molecular weight excluding hydrogens is 230 g/mol. The molecule has 18 heavy (non-hydrogen) atoms. The Balaban J connectivity index is 1.93. The van der Waals surface area contributed by atoms with Crippen molar-refractivity contribution in [3.05, 3.63) is 29.8 Å². The van der Waals surface area contributed by atoms with E-state index in [1.54, 1.807) is 0 Å². The molecule has 1 heterocycles. The monoisotopic (exact) mass is 249 g/mol. The van der Waals surface area contributed by atoms with E-state index in [0.29, 0.717) is 6.61 Å². The lowest BCUT2D eigenvalue weighted by Gasteiger charge is -2.11. The number of ether oxygens (including phenoxy) is 1. The summed E-state index contributed by atoms with van der Waals surface area (Å²) in [5.41, 5.74) is 1.92. The van der Waals surface area contributed by atoms with Crippen LogP contribution >= 0.6 is 0 Å². The number of carbonyl (C=O) groups is 1. The summed E-state index contributed by atoms with van der Waals surface area (Å²) in [6.45, 7) is 0.862. The molecule has 0 bridgehead atoms. The maximum absolute atomic E-state index is 11.9. The zero-order valence-electron chi connectivity index (χ0n) is 10.4. The van der Waals surface area contributed by atoms with Crippen molar-refractivity contribution in [3.8, 4) is 0 Å². The molecule has 1 aliphatic rings. The molecule has 1 amide bonds. The van der Waals surface area contributed by atoms with E-state index >= 15 is 0 Å². The number of aliphatic hydroxyl groups is 1. The minimum Gasteiger partial charge on any atom is -0.396 e. The first kappa shape index (κ1) is 13.1. The van der Waals surface area contributed by atoms with Crippen LogP contribution in [0.15, 0.2) is 24.3 Å². The highest BCUT2D eigenvalue weighted by atomic mass is 16.5. The van der Waals surface area contributed by atoms with Crippen molar-refractivity contribution in [1.29, 1.82) is 0 Å². The fourth-order valence-electron chi connectivity index (χ4n) is 2.09. The molecule has 1 fully saturated rings. The number of aryl methyl sites for hydroxylation is 1. The summed E-state index contributed by atoms with van der Waals surface area (Å²) in [5.74, 6) is -0.0631. The summed E-state index contributed by atoms with van der Waals surface area (Å²) in [5, 5.41) is 11.7. The summed E-state index contributed by atoms with van der Waals surface area (Å²) >= 11 is 0. The SMILES string of the molecule is O=C(Nc1cccc(CCCO)c1)[C@H]1CCCO1. The highest BCUT2D eigenvalue weighted by Gasteiger charge is 2.23. The second-order valence-electron chi connectivity index (χ2n) is 4.52. The Morgan fingerprint density at radius 1 is 1.50 bits per heavy atom. The Hall–Kier alpha value is -1.39. The number of aliphatic hydroxyl groups excluding tert-OH is 1. The van der Waals surface area contributed by atoms with E-state index in [-0.39, 0.29) is 18.6 Å². The lowest BCUT2D eigenvalue weighted by molar-refractivity contribution is -0.124. The lowest BCUT2D eigenvalue weighted by atomic mass is 10.1. The topological polar surface area (TPSA) is 58.6 Å². The molecule has 0 spiro atoms. The van der Waals surface area contributed by atoms with E-state index in [1.165, 1.54) is 0 Å². The quantitative estimate of drug-likeness (QED) is 0.835. The third-order valence-electron chi connectivity index (χ3n) is 3.04. The predicted molar refractivity (Wildman–Crippen MR) is 69.5 cm³/mol. The Labute approximate surface area is 107 Å². The molecule has 1 aromatic carbocycles. The second kappa shape index (κ2) is 6.52. The van der Waals surface area contributed by atoms with Crippen molar-refractivity contribution in [2.75, 3.05) is 18.5 Å². The molecule has 0 aromatic heterocycles. The van der Waals surface area contributed by atoms with Gasteiger partial charge in [0.1, 0.15) is 6.10 Å². The van der Waals surface area contributed by atoms with Gasteiger partial charge in [-0.1, -0.05) is 12.1 Å². The van der Waals surface area contributed by atoms with Crippen molar-refractivity contribution in [3.63, 3.8) is 0 Å². The van der Waals surface area contributed by atoms with Gasteiger partial charge < -0.3 is 15.2 Å². The van der Waals surface area contributed by atoms with Crippen LogP contribution in [0.1, 0.15) is 24.8 Å². The van der Waals surface area contributed by atoms with Crippen molar-refractivity contribution in [2.45, 2.75) is 31.8 Å². The first-order valence-corrected chi connectivity index (χ1v) is 6.42. The first-order chi connectivity index (χ1) is 8.79. The molecular formula is C14H19NO3. The Morgan fingerprint density at radius 3 is 3.11 bits per heavy atom. The molecule has 1 saturated heterocycles. The standard InChI is InChI=1S/C14H19NO3/c16-8-2-5-11-4-1-6-12(10-11)15-14(17)13-7-3-9-18-13/h1,4,6,10,13,16H,2-3,5,7-9H2,(H,15,17)/t13-/m1/s1. The van der Waals surface area contributed by atoms with Gasteiger partial charge in [0.15, 0.2) is 0 Å². The predicted octanol–water partition coefficient (Wildman–Crippen LogP) is 1.73. The number of anilines is 1. The molecule has 2 N–H and O–H groups in total. The van der Waals surface area contributed by atoms with Gasteiger partial charge in [-0.05, 0) is 43.4 Å². The molecule has 0 aliphatic carbocycles. The van der Waals surface area contributed by atoms with Gasteiger partial charge in [-0.2, -0.15) is 0 Å².